The summed E-state index contributed by atoms with van der Waals surface area (Å²) in [5, 5.41) is 2.81. The number of aryl methyl sites for hydroxylation is 1. The van der Waals surface area contributed by atoms with Crippen LogP contribution in [0, 0.1) is 0 Å². The largest absolute Gasteiger partial charge is 0.495 e. The maximum absolute atomic E-state index is 12.9. The molecule has 1 saturated carbocycles. The molecule has 1 fully saturated rings. The maximum Gasteiger partial charge on any atom is 0.243 e. The number of sulfonamides is 1. The van der Waals surface area contributed by atoms with E-state index in [1.165, 1.54) is 36.4 Å². The van der Waals surface area contributed by atoms with Crippen LogP contribution >= 0.6 is 0 Å². The molecule has 0 spiro atoms. The first-order chi connectivity index (χ1) is 15.9. The lowest BCUT2D eigenvalue weighted by atomic mass is 10.1. The molecule has 7 nitrogen and oxygen atoms in total. The molecule has 3 rings (SSSR count). The third-order valence-electron chi connectivity index (χ3n) is 5.93. The zero-order chi connectivity index (χ0) is 23.8. The first-order valence-electron chi connectivity index (χ1n) is 11.6. The van der Waals surface area contributed by atoms with Crippen molar-refractivity contribution in [3.63, 3.8) is 0 Å². The van der Waals surface area contributed by atoms with Gasteiger partial charge in [-0.15, -0.1) is 0 Å². The Bertz CT molecular complexity index is 1040. The summed E-state index contributed by atoms with van der Waals surface area (Å²) in [6, 6.07) is 12.4. The molecule has 0 atom stereocenters. The second-order valence-corrected chi connectivity index (χ2v) is 10.1. The van der Waals surface area contributed by atoms with Gasteiger partial charge < -0.3 is 14.8 Å². The Morgan fingerprint density at radius 1 is 1.09 bits per heavy atom. The van der Waals surface area contributed by atoms with Gasteiger partial charge in [0.25, 0.3) is 0 Å². The molecule has 0 bridgehead atoms. The highest BCUT2D eigenvalue weighted by molar-refractivity contribution is 7.89. The van der Waals surface area contributed by atoms with Crippen LogP contribution in [0.3, 0.4) is 0 Å². The zero-order valence-corrected chi connectivity index (χ0v) is 20.5. The van der Waals surface area contributed by atoms with Gasteiger partial charge in [-0.1, -0.05) is 26.0 Å². The molecule has 2 aromatic carbocycles. The van der Waals surface area contributed by atoms with Gasteiger partial charge >= 0.3 is 0 Å². The summed E-state index contributed by atoms with van der Waals surface area (Å²) in [7, 11) is -2.16. The molecule has 0 aromatic heterocycles. The van der Waals surface area contributed by atoms with Crippen molar-refractivity contribution < 1.29 is 22.7 Å². The fourth-order valence-electron chi connectivity index (χ4n) is 4.10. The Hall–Kier alpha value is -2.58. The molecule has 2 aromatic rings. The van der Waals surface area contributed by atoms with Crippen molar-refractivity contribution >= 4 is 21.6 Å². The van der Waals surface area contributed by atoms with Gasteiger partial charge in [-0.3, -0.25) is 4.79 Å². The highest BCUT2D eigenvalue weighted by Crippen LogP contribution is 2.29. The van der Waals surface area contributed by atoms with Crippen LogP contribution in [0.4, 0.5) is 5.69 Å². The van der Waals surface area contributed by atoms with E-state index in [-0.39, 0.29) is 23.3 Å². The Kier molecular flexibility index (Phi) is 8.74. The quantitative estimate of drug-likeness (QED) is 0.514. The Labute approximate surface area is 197 Å². The van der Waals surface area contributed by atoms with E-state index < -0.39 is 10.0 Å². The van der Waals surface area contributed by atoms with E-state index in [0.717, 1.165) is 24.2 Å². The standard InChI is InChI=1S/C25H34N2O5S/c1-4-27(5-2)33(29,30)22-14-15-24(31-3)23(18-22)26-25(28)16-13-19-9-8-12-21(17-19)32-20-10-6-7-11-20/h8-9,12,14-15,17-18,20H,4-7,10-11,13,16H2,1-3H3,(H,26,28). The van der Waals surface area contributed by atoms with E-state index in [9.17, 15) is 13.2 Å². The summed E-state index contributed by atoms with van der Waals surface area (Å²) in [4.78, 5) is 12.8. The van der Waals surface area contributed by atoms with Crippen molar-refractivity contribution in [2.24, 2.45) is 0 Å². The summed E-state index contributed by atoms with van der Waals surface area (Å²) in [5.41, 5.74) is 1.36. The number of hydrogen-bond donors (Lipinski definition) is 1. The van der Waals surface area contributed by atoms with Crippen LogP contribution in [0.25, 0.3) is 0 Å². The van der Waals surface area contributed by atoms with E-state index in [4.69, 9.17) is 9.47 Å². The van der Waals surface area contributed by atoms with E-state index in [1.807, 2.05) is 24.3 Å². The molecule has 0 aliphatic heterocycles. The number of anilines is 1. The van der Waals surface area contributed by atoms with Crippen molar-refractivity contribution in [2.45, 2.75) is 63.4 Å². The minimum Gasteiger partial charge on any atom is -0.495 e. The molecule has 0 saturated heterocycles. The fourth-order valence-corrected chi connectivity index (χ4v) is 5.59. The zero-order valence-electron chi connectivity index (χ0n) is 19.7. The van der Waals surface area contributed by atoms with Crippen molar-refractivity contribution in [3.05, 3.63) is 48.0 Å². The number of carbonyl (C=O) groups is 1. The van der Waals surface area contributed by atoms with Gasteiger partial charge in [-0.25, -0.2) is 8.42 Å². The third-order valence-corrected chi connectivity index (χ3v) is 7.98. The van der Waals surface area contributed by atoms with Gasteiger partial charge in [0, 0.05) is 19.5 Å². The smallest absolute Gasteiger partial charge is 0.243 e. The van der Waals surface area contributed by atoms with Gasteiger partial charge in [0.2, 0.25) is 15.9 Å². The highest BCUT2D eigenvalue weighted by atomic mass is 32.2. The fraction of sp³-hybridized carbons (Fsp3) is 0.480. The lowest BCUT2D eigenvalue weighted by Crippen LogP contribution is -2.30. The van der Waals surface area contributed by atoms with Crippen LogP contribution in [-0.4, -0.2) is 44.9 Å². The number of nitrogens with zero attached hydrogens (tertiary/aromatic N) is 1. The van der Waals surface area contributed by atoms with E-state index in [0.29, 0.717) is 30.9 Å². The molecular formula is C25H34N2O5S. The van der Waals surface area contributed by atoms with Crippen LogP contribution in [-0.2, 0) is 21.2 Å². The number of methoxy groups -OCH3 is 1. The Balaban J connectivity index is 1.66. The lowest BCUT2D eigenvalue weighted by Gasteiger charge is -2.19. The first-order valence-corrected chi connectivity index (χ1v) is 13.0. The summed E-state index contributed by atoms with van der Waals surface area (Å²) < 4.78 is 38.5. The molecule has 1 amide bonds. The monoisotopic (exact) mass is 474 g/mol. The van der Waals surface area contributed by atoms with Gasteiger partial charge in [0.15, 0.2) is 0 Å². The molecule has 33 heavy (non-hydrogen) atoms. The van der Waals surface area contributed by atoms with Crippen molar-refractivity contribution in [1.29, 1.82) is 0 Å². The van der Waals surface area contributed by atoms with Crippen LogP contribution < -0.4 is 14.8 Å². The second kappa shape index (κ2) is 11.5. The predicted octanol–water partition coefficient (Wildman–Crippen LogP) is 4.62. The Morgan fingerprint density at radius 3 is 2.48 bits per heavy atom. The normalized spacial score (nSPS) is 14.4. The third kappa shape index (κ3) is 6.48. The molecule has 1 N–H and O–H groups in total. The second-order valence-electron chi connectivity index (χ2n) is 8.17. The average Bonchev–Trinajstić information content (AvgIpc) is 3.31. The van der Waals surface area contributed by atoms with Gasteiger partial charge in [0.05, 0.1) is 23.8 Å². The van der Waals surface area contributed by atoms with E-state index in [2.05, 4.69) is 5.32 Å². The minimum atomic E-state index is -3.64. The van der Waals surface area contributed by atoms with Gasteiger partial charge in [-0.2, -0.15) is 4.31 Å². The average molecular weight is 475 g/mol. The first kappa shape index (κ1) is 25.1. The number of benzene rings is 2. The molecule has 0 radical (unpaired) electrons. The summed E-state index contributed by atoms with van der Waals surface area (Å²) in [5.74, 6) is 1.04. The van der Waals surface area contributed by atoms with Gasteiger partial charge in [-0.05, 0) is 68.0 Å². The van der Waals surface area contributed by atoms with E-state index in [1.54, 1.807) is 19.9 Å². The number of hydrogen-bond acceptors (Lipinski definition) is 5. The van der Waals surface area contributed by atoms with Crippen molar-refractivity contribution in [1.82, 2.24) is 4.31 Å². The van der Waals surface area contributed by atoms with Crippen LogP contribution in [0.5, 0.6) is 11.5 Å². The number of nitrogens with one attached hydrogen (secondary N) is 1. The minimum absolute atomic E-state index is 0.124. The maximum atomic E-state index is 12.9. The molecule has 1 aliphatic rings. The molecule has 0 heterocycles. The summed E-state index contributed by atoms with van der Waals surface area (Å²) in [6.45, 7) is 4.33. The van der Waals surface area contributed by atoms with Crippen LogP contribution in [0.2, 0.25) is 0 Å². The number of ether oxygens (including phenoxy) is 2. The molecular weight excluding hydrogens is 440 g/mol. The molecule has 0 unspecified atom stereocenters. The SMILES string of the molecule is CCN(CC)S(=O)(=O)c1ccc(OC)c(NC(=O)CCc2cccc(OC3CCCC3)c2)c1. The lowest BCUT2D eigenvalue weighted by molar-refractivity contribution is -0.116. The van der Waals surface area contributed by atoms with Gasteiger partial charge in [0.1, 0.15) is 11.5 Å². The number of carbonyl (C=O) groups excluding carboxylic acids is 1. The van der Waals surface area contributed by atoms with Crippen LogP contribution in [0.15, 0.2) is 47.4 Å². The van der Waals surface area contributed by atoms with Crippen molar-refractivity contribution in [3.8, 4) is 11.5 Å². The van der Waals surface area contributed by atoms with Crippen LogP contribution in [0.1, 0.15) is 51.5 Å². The van der Waals surface area contributed by atoms with E-state index >= 15 is 0 Å². The molecule has 180 valence electrons. The Morgan fingerprint density at radius 2 is 1.82 bits per heavy atom. The molecule has 8 heteroatoms. The predicted molar refractivity (Wildman–Crippen MR) is 129 cm³/mol. The summed E-state index contributed by atoms with van der Waals surface area (Å²) >= 11 is 0. The summed E-state index contributed by atoms with van der Waals surface area (Å²) in [6.07, 6.45) is 5.71. The molecule has 1 aliphatic carbocycles. The highest BCUT2D eigenvalue weighted by Gasteiger charge is 2.23. The number of rotatable bonds is 11. The van der Waals surface area contributed by atoms with Crippen molar-refractivity contribution in [2.75, 3.05) is 25.5 Å². The topological polar surface area (TPSA) is 84.9 Å². The number of amides is 1.